The summed E-state index contributed by atoms with van der Waals surface area (Å²) in [7, 11) is -1.04. The number of anilines is 1. The first-order valence-corrected chi connectivity index (χ1v) is 14.2. The molecule has 2 amide bonds. The normalized spacial score (nSPS) is 16.8. The molecule has 0 saturated carbocycles. The zero-order valence-electron chi connectivity index (χ0n) is 20.5. The zero-order valence-corrected chi connectivity index (χ0v) is 22.9. The fourth-order valence-corrected chi connectivity index (χ4v) is 7.39. The van der Waals surface area contributed by atoms with Crippen molar-refractivity contribution < 1.29 is 22.7 Å². The van der Waals surface area contributed by atoms with Crippen molar-refractivity contribution in [2.24, 2.45) is 0 Å². The van der Waals surface area contributed by atoms with E-state index in [1.807, 2.05) is 12.1 Å². The maximum absolute atomic E-state index is 13.6. The molecule has 0 radical (unpaired) electrons. The molecular weight excluding hydrogens is 550 g/mol. The first-order chi connectivity index (χ1) is 18.0. The molecule has 13 heteroatoms. The summed E-state index contributed by atoms with van der Waals surface area (Å²) in [4.78, 5) is 32.7. The number of carbonyl (C=O) groups excluding carboxylic acids is 2. The number of pyridine rings is 1. The Labute approximate surface area is 228 Å². The number of ether oxygens (including phenoxy) is 1. The number of hydrogen-bond acceptors (Lipinski definition) is 8. The summed E-state index contributed by atoms with van der Waals surface area (Å²) in [6, 6.07) is 13.8. The van der Waals surface area contributed by atoms with Crippen molar-refractivity contribution in [3.8, 4) is 0 Å². The number of amides is 2. The summed E-state index contributed by atoms with van der Waals surface area (Å²) in [5.74, 6) is -0.499. The van der Waals surface area contributed by atoms with Gasteiger partial charge in [0.25, 0.3) is 10.0 Å². The van der Waals surface area contributed by atoms with Gasteiger partial charge in [0.1, 0.15) is 4.21 Å². The molecule has 0 bridgehead atoms. The van der Waals surface area contributed by atoms with E-state index in [0.29, 0.717) is 20.9 Å². The molecule has 0 aliphatic carbocycles. The van der Waals surface area contributed by atoms with Gasteiger partial charge < -0.3 is 20.3 Å². The molecule has 1 fully saturated rings. The van der Waals surface area contributed by atoms with Gasteiger partial charge in [-0.1, -0.05) is 29.8 Å². The van der Waals surface area contributed by atoms with Crippen LogP contribution in [-0.4, -0.2) is 72.9 Å². The highest BCUT2D eigenvalue weighted by atomic mass is 35.5. The van der Waals surface area contributed by atoms with E-state index >= 15 is 0 Å². The number of piperazine rings is 1. The van der Waals surface area contributed by atoms with Crippen molar-refractivity contribution >= 4 is 71.6 Å². The van der Waals surface area contributed by atoms with Gasteiger partial charge in [-0.3, -0.25) is 9.78 Å². The molecule has 38 heavy (non-hydrogen) atoms. The maximum Gasteiger partial charge on any atom is 0.411 e. The van der Waals surface area contributed by atoms with E-state index in [1.165, 1.54) is 23.9 Å². The van der Waals surface area contributed by atoms with Gasteiger partial charge in [-0.25, -0.2) is 13.2 Å². The second kappa shape index (κ2) is 10.0. The highest BCUT2D eigenvalue weighted by Gasteiger charge is 2.41. The van der Waals surface area contributed by atoms with E-state index in [2.05, 4.69) is 4.98 Å². The van der Waals surface area contributed by atoms with Crippen LogP contribution in [-0.2, 0) is 26.1 Å². The van der Waals surface area contributed by atoms with Crippen molar-refractivity contribution in [2.75, 3.05) is 32.9 Å². The highest BCUT2D eigenvalue weighted by molar-refractivity contribution is 7.91. The minimum absolute atomic E-state index is 0.0758. The molecule has 2 N–H and O–H groups in total. The average molecular weight is 574 g/mol. The number of nitrogens with two attached hydrogens (primary N) is 1. The van der Waals surface area contributed by atoms with Crippen molar-refractivity contribution in [1.29, 1.82) is 0 Å². The number of benzene rings is 2. The van der Waals surface area contributed by atoms with Crippen LogP contribution in [0.15, 0.2) is 58.9 Å². The number of rotatable bonds is 5. The molecule has 1 unspecified atom stereocenters. The van der Waals surface area contributed by atoms with E-state index in [-0.39, 0.29) is 17.3 Å². The number of carbonyl (C=O) groups is 2. The van der Waals surface area contributed by atoms with Gasteiger partial charge in [0.05, 0.1) is 18.6 Å². The van der Waals surface area contributed by atoms with Crippen LogP contribution in [0.2, 0.25) is 5.02 Å². The fraction of sp³-hybridized carbons (Fsp3) is 0.240. The van der Waals surface area contributed by atoms with Crippen LogP contribution in [0.5, 0.6) is 0 Å². The van der Waals surface area contributed by atoms with Gasteiger partial charge >= 0.3 is 6.09 Å². The van der Waals surface area contributed by atoms with Crippen LogP contribution >= 0.6 is 22.9 Å². The fourth-order valence-electron chi connectivity index (χ4n) is 4.18. The SMILES string of the molecule is CN(C)C(=O)OC1CN(S(=O)(=O)c2cc3ccc(Cl)cc3s2)CC(=O)N1Cc1ccc2c(N)ccnc2c1. The smallest absolute Gasteiger partial charge is 0.411 e. The van der Waals surface area contributed by atoms with E-state index in [9.17, 15) is 18.0 Å². The second-order valence-corrected chi connectivity index (χ2v) is 12.7. The predicted molar refractivity (Wildman–Crippen MR) is 146 cm³/mol. The van der Waals surface area contributed by atoms with Crippen molar-refractivity contribution in [3.05, 3.63) is 65.3 Å². The van der Waals surface area contributed by atoms with Crippen LogP contribution in [0.1, 0.15) is 5.56 Å². The number of aromatic nitrogens is 1. The molecule has 1 aliphatic rings. The van der Waals surface area contributed by atoms with Crippen LogP contribution in [0.4, 0.5) is 10.5 Å². The molecular formula is C25H24ClN5O5S2. The Hall–Kier alpha value is -3.45. The summed E-state index contributed by atoms with van der Waals surface area (Å²) in [5.41, 5.74) is 7.98. The van der Waals surface area contributed by atoms with Crippen LogP contribution in [0, 0.1) is 0 Å². The van der Waals surface area contributed by atoms with Crippen molar-refractivity contribution in [1.82, 2.24) is 19.1 Å². The van der Waals surface area contributed by atoms with Gasteiger partial charge in [-0.15, -0.1) is 11.3 Å². The lowest BCUT2D eigenvalue weighted by molar-refractivity contribution is -0.150. The number of hydrogen-bond donors (Lipinski definition) is 1. The van der Waals surface area contributed by atoms with E-state index in [4.69, 9.17) is 22.1 Å². The summed E-state index contributed by atoms with van der Waals surface area (Å²) in [5, 5.41) is 2.00. The van der Waals surface area contributed by atoms with Gasteiger partial charge in [0.15, 0.2) is 6.23 Å². The topological polar surface area (TPSA) is 126 Å². The second-order valence-electron chi connectivity index (χ2n) is 9.05. The standard InChI is InChI=1S/C25H24ClN5O5S2/c1-29(2)25(33)36-23-14-30(38(34,35)24-10-16-4-5-17(26)11-21(16)37-24)13-22(32)31(23)12-15-3-6-18-19(27)7-8-28-20(18)9-15/h3-11,23H,12-14H2,1-2H3,(H2,27,28). The molecule has 4 aromatic rings. The molecule has 1 aliphatic heterocycles. The first-order valence-electron chi connectivity index (χ1n) is 11.5. The summed E-state index contributed by atoms with van der Waals surface area (Å²) in [6.07, 6.45) is -0.245. The van der Waals surface area contributed by atoms with E-state index in [0.717, 1.165) is 32.0 Å². The number of nitrogen functional groups attached to an aromatic ring is 1. The van der Waals surface area contributed by atoms with Crippen molar-refractivity contribution in [3.63, 3.8) is 0 Å². The largest absolute Gasteiger partial charge is 0.424 e. The maximum atomic E-state index is 13.6. The number of sulfonamides is 1. The Morgan fingerprint density at radius 2 is 2.00 bits per heavy atom. The average Bonchev–Trinajstić information content (AvgIpc) is 3.30. The number of fused-ring (bicyclic) bond motifs is 2. The molecule has 2 aromatic heterocycles. The molecule has 5 rings (SSSR count). The third kappa shape index (κ3) is 4.99. The molecule has 2 aromatic carbocycles. The Morgan fingerprint density at radius 3 is 2.76 bits per heavy atom. The molecule has 1 saturated heterocycles. The van der Waals surface area contributed by atoms with Gasteiger partial charge in [-0.05, 0) is 41.3 Å². The first kappa shape index (κ1) is 26.2. The molecule has 10 nitrogen and oxygen atoms in total. The summed E-state index contributed by atoms with van der Waals surface area (Å²) in [6.45, 7) is -0.528. The lowest BCUT2D eigenvalue weighted by Gasteiger charge is -2.39. The predicted octanol–water partition coefficient (Wildman–Crippen LogP) is 3.74. The molecule has 198 valence electrons. The van der Waals surface area contributed by atoms with Gasteiger partial charge in [0, 0.05) is 47.6 Å². The lowest BCUT2D eigenvalue weighted by Crippen LogP contribution is -2.59. The summed E-state index contributed by atoms with van der Waals surface area (Å²) < 4.78 is 34.5. The molecule has 3 heterocycles. The highest BCUT2D eigenvalue weighted by Crippen LogP contribution is 2.34. The Morgan fingerprint density at radius 1 is 1.21 bits per heavy atom. The minimum atomic E-state index is -4.06. The molecule has 1 atom stereocenters. The Kier molecular flexibility index (Phi) is 6.90. The molecule has 0 spiro atoms. The lowest BCUT2D eigenvalue weighted by atomic mass is 10.1. The minimum Gasteiger partial charge on any atom is -0.424 e. The van der Waals surface area contributed by atoms with Gasteiger partial charge in [0.2, 0.25) is 5.91 Å². The number of halogens is 1. The van der Waals surface area contributed by atoms with Crippen LogP contribution in [0.25, 0.3) is 21.0 Å². The zero-order chi connectivity index (χ0) is 27.2. The monoisotopic (exact) mass is 573 g/mol. The third-order valence-electron chi connectivity index (χ3n) is 6.19. The summed E-state index contributed by atoms with van der Waals surface area (Å²) >= 11 is 7.13. The third-order valence-corrected chi connectivity index (χ3v) is 9.78. The number of nitrogens with zero attached hydrogens (tertiary/aromatic N) is 4. The Bertz CT molecular complexity index is 1670. The van der Waals surface area contributed by atoms with Crippen LogP contribution < -0.4 is 5.73 Å². The van der Waals surface area contributed by atoms with E-state index in [1.54, 1.807) is 42.6 Å². The quantitative estimate of drug-likeness (QED) is 0.385. The van der Waals surface area contributed by atoms with E-state index < -0.39 is 34.8 Å². The van der Waals surface area contributed by atoms with Crippen LogP contribution in [0.3, 0.4) is 0 Å². The van der Waals surface area contributed by atoms with Crippen molar-refractivity contribution in [2.45, 2.75) is 17.0 Å². The van der Waals surface area contributed by atoms with Gasteiger partial charge in [-0.2, -0.15) is 4.31 Å². The number of thiophene rings is 1. The Balaban J connectivity index is 1.45.